The molecule has 0 heterocycles. The van der Waals surface area contributed by atoms with E-state index in [-0.39, 0.29) is 4.90 Å². The van der Waals surface area contributed by atoms with Gasteiger partial charge >= 0.3 is 0 Å². The van der Waals surface area contributed by atoms with Crippen LogP contribution in [0.4, 0.5) is 0 Å². The van der Waals surface area contributed by atoms with E-state index in [1.54, 1.807) is 0 Å². The van der Waals surface area contributed by atoms with Crippen LogP contribution in [0.15, 0.2) is 34.3 Å². The topological polar surface area (TPSA) is 58.5 Å². The Kier molecular flexibility index (Phi) is 4.76. The van der Waals surface area contributed by atoms with Crippen molar-refractivity contribution < 1.29 is 8.42 Å². The summed E-state index contributed by atoms with van der Waals surface area (Å²) < 4.78 is 23.3. The van der Waals surface area contributed by atoms with Crippen molar-refractivity contribution in [3.63, 3.8) is 0 Å². The molecule has 0 aliphatic rings. The van der Waals surface area contributed by atoms with E-state index < -0.39 is 10.0 Å². The van der Waals surface area contributed by atoms with Gasteiger partial charge in [0.15, 0.2) is 0 Å². The highest BCUT2D eigenvalue weighted by Gasteiger charge is 2.11. The fraction of sp³-hybridized carbons (Fsp3) is 0.300. The smallest absolute Gasteiger partial charge is 0.200 e. The third kappa shape index (κ3) is 3.83. The van der Waals surface area contributed by atoms with Gasteiger partial charge in [0, 0.05) is 11.2 Å². The molecule has 0 aliphatic carbocycles. The second kappa shape index (κ2) is 5.86. The van der Waals surface area contributed by atoms with E-state index in [4.69, 9.17) is 11.6 Å². The van der Waals surface area contributed by atoms with Crippen molar-refractivity contribution >= 4 is 27.8 Å². The molecule has 16 heavy (non-hydrogen) atoms. The molecule has 0 saturated heterocycles. The third-order valence-corrected chi connectivity index (χ3v) is 3.30. The van der Waals surface area contributed by atoms with Gasteiger partial charge in [-0.2, -0.15) is 13.5 Å². The van der Waals surface area contributed by atoms with E-state index in [1.807, 2.05) is 6.92 Å². The van der Waals surface area contributed by atoms with Crippen LogP contribution in [-0.4, -0.2) is 14.6 Å². The number of halogens is 1. The van der Waals surface area contributed by atoms with Gasteiger partial charge in [-0.05, 0) is 30.7 Å². The zero-order valence-electron chi connectivity index (χ0n) is 8.85. The first-order chi connectivity index (χ1) is 7.56. The van der Waals surface area contributed by atoms with Gasteiger partial charge in [-0.15, -0.1) is 0 Å². The number of rotatable bonds is 5. The van der Waals surface area contributed by atoms with Gasteiger partial charge in [0.2, 0.25) is 0 Å². The lowest BCUT2D eigenvalue weighted by Gasteiger charge is -2.02. The largest absolute Gasteiger partial charge is 0.276 e. The van der Waals surface area contributed by atoms with E-state index in [2.05, 4.69) is 9.93 Å². The van der Waals surface area contributed by atoms with Crippen LogP contribution in [0.5, 0.6) is 0 Å². The molecule has 0 radical (unpaired) electrons. The Morgan fingerprint density at radius 3 is 2.56 bits per heavy atom. The van der Waals surface area contributed by atoms with Gasteiger partial charge in [-0.3, -0.25) is 0 Å². The van der Waals surface area contributed by atoms with Gasteiger partial charge in [0.25, 0.3) is 10.0 Å². The molecule has 1 rings (SSSR count). The van der Waals surface area contributed by atoms with Crippen molar-refractivity contribution in [3.05, 3.63) is 29.3 Å². The lowest BCUT2D eigenvalue weighted by atomic mass is 10.4. The average Bonchev–Trinajstić information content (AvgIpc) is 2.25. The molecule has 0 aromatic heterocycles. The summed E-state index contributed by atoms with van der Waals surface area (Å²) in [6, 6.07) is 5.90. The lowest BCUT2D eigenvalue weighted by molar-refractivity contribution is 0.584. The van der Waals surface area contributed by atoms with Gasteiger partial charge in [0.1, 0.15) is 0 Å². The number of sulfonamides is 1. The van der Waals surface area contributed by atoms with Gasteiger partial charge in [-0.25, -0.2) is 4.83 Å². The second-order valence-corrected chi connectivity index (χ2v) is 5.25. The van der Waals surface area contributed by atoms with Crippen LogP contribution in [0.2, 0.25) is 5.02 Å². The van der Waals surface area contributed by atoms with Crippen LogP contribution in [0, 0.1) is 0 Å². The van der Waals surface area contributed by atoms with Crippen molar-refractivity contribution in [2.24, 2.45) is 5.10 Å². The zero-order chi connectivity index (χ0) is 12.0. The molecule has 0 bridgehead atoms. The monoisotopic (exact) mass is 260 g/mol. The van der Waals surface area contributed by atoms with Crippen molar-refractivity contribution in [3.8, 4) is 0 Å². The van der Waals surface area contributed by atoms with Crippen LogP contribution < -0.4 is 4.83 Å². The molecule has 1 aromatic rings. The lowest BCUT2D eigenvalue weighted by Crippen LogP contribution is -2.18. The van der Waals surface area contributed by atoms with Crippen LogP contribution in [0.3, 0.4) is 0 Å². The molecule has 0 fully saturated rings. The second-order valence-electron chi connectivity index (χ2n) is 3.15. The van der Waals surface area contributed by atoms with Gasteiger partial charge < -0.3 is 0 Å². The van der Waals surface area contributed by atoms with Crippen molar-refractivity contribution in [1.29, 1.82) is 0 Å². The first-order valence-corrected chi connectivity index (χ1v) is 6.71. The van der Waals surface area contributed by atoms with Crippen LogP contribution >= 0.6 is 11.6 Å². The number of hydrogen-bond donors (Lipinski definition) is 1. The Morgan fingerprint density at radius 1 is 1.38 bits per heavy atom. The predicted molar refractivity (Wildman–Crippen MR) is 65.2 cm³/mol. The molecular formula is C10H13ClN2O2S. The minimum atomic E-state index is -3.56. The Balaban J connectivity index is 2.74. The summed E-state index contributed by atoms with van der Waals surface area (Å²) in [7, 11) is -3.56. The fourth-order valence-corrected chi connectivity index (χ4v) is 1.91. The number of nitrogens with zero attached hydrogens (tertiary/aromatic N) is 1. The Bertz CT molecular complexity index is 454. The fourth-order valence-electron chi connectivity index (χ4n) is 0.967. The quantitative estimate of drug-likeness (QED) is 0.653. The van der Waals surface area contributed by atoms with Gasteiger partial charge in [0.05, 0.1) is 4.90 Å². The highest BCUT2D eigenvalue weighted by molar-refractivity contribution is 7.89. The molecular weight excluding hydrogens is 248 g/mol. The average molecular weight is 261 g/mol. The number of hydrazone groups is 1. The molecule has 0 amide bonds. The maximum atomic E-state index is 11.6. The van der Waals surface area contributed by atoms with Crippen molar-refractivity contribution in [1.82, 2.24) is 4.83 Å². The van der Waals surface area contributed by atoms with E-state index in [0.29, 0.717) is 5.02 Å². The summed E-state index contributed by atoms with van der Waals surface area (Å²) in [6.07, 6.45) is 3.20. The van der Waals surface area contributed by atoms with E-state index in [1.165, 1.54) is 30.5 Å². The van der Waals surface area contributed by atoms with Crippen molar-refractivity contribution in [2.75, 3.05) is 0 Å². The molecule has 0 saturated carbocycles. The number of unbranched alkanes of at least 4 members (excludes halogenated alkanes) is 1. The van der Waals surface area contributed by atoms with E-state index in [9.17, 15) is 8.42 Å². The molecule has 1 aromatic carbocycles. The predicted octanol–water partition coefficient (Wildman–Crippen LogP) is 2.40. The summed E-state index contributed by atoms with van der Waals surface area (Å²) in [4.78, 5) is 2.27. The van der Waals surface area contributed by atoms with Crippen molar-refractivity contribution in [2.45, 2.75) is 24.7 Å². The molecule has 1 N–H and O–H groups in total. The molecule has 0 unspecified atom stereocenters. The highest BCUT2D eigenvalue weighted by atomic mass is 35.5. The SMILES string of the molecule is CCC/C=N/NS(=O)(=O)c1ccc(Cl)cc1. The van der Waals surface area contributed by atoms with Gasteiger partial charge in [-0.1, -0.05) is 24.9 Å². The van der Waals surface area contributed by atoms with Crippen LogP contribution in [0.1, 0.15) is 19.8 Å². The Hall–Kier alpha value is -1.07. The van der Waals surface area contributed by atoms with Crippen LogP contribution in [0.25, 0.3) is 0 Å². The summed E-state index contributed by atoms with van der Waals surface area (Å²) >= 11 is 5.66. The first kappa shape index (κ1) is 13.0. The number of nitrogens with one attached hydrogen (secondary N) is 1. The molecule has 0 spiro atoms. The third-order valence-electron chi connectivity index (χ3n) is 1.81. The summed E-state index contributed by atoms with van der Waals surface area (Å²) in [6.45, 7) is 1.99. The molecule has 88 valence electrons. The van der Waals surface area contributed by atoms with E-state index >= 15 is 0 Å². The normalized spacial score (nSPS) is 11.9. The Morgan fingerprint density at radius 2 is 2.00 bits per heavy atom. The summed E-state index contributed by atoms with van der Waals surface area (Å²) in [5.74, 6) is 0. The number of hydrogen-bond acceptors (Lipinski definition) is 3. The zero-order valence-corrected chi connectivity index (χ0v) is 10.4. The maximum absolute atomic E-state index is 11.6. The summed E-state index contributed by atoms with van der Waals surface area (Å²) in [5.41, 5.74) is 0. The number of benzene rings is 1. The maximum Gasteiger partial charge on any atom is 0.276 e. The molecule has 4 nitrogen and oxygen atoms in total. The highest BCUT2D eigenvalue weighted by Crippen LogP contribution is 2.13. The van der Waals surface area contributed by atoms with Crippen LogP contribution in [-0.2, 0) is 10.0 Å². The standard InChI is InChI=1S/C10H13ClN2O2S/c1-2-3-8-12-13-16(14,15)10-6-4-9(11)5-7-10/h4-8,13H,2-3H2,1H3/b12-8+. The Labute approximate surface area is 100 Å². The van der Waals surface area contributed by atoms with E-state index in [0.717, 1.165) is 12.8 Å². The summed E-state index contributed by atoms with van der Waals surface area (Å²) in [5, 5.41) is 4.13. The molecule has 0 atom stereocenters. The first-order valence-electron chi connectivity index (χ1n) is 4.85. The minimum Gasteiger partial charge on any atom is -0.200 e. The minimum absolute atomic E-state index is 0.144. The molecule has 0 aliphatic heterocycles. The molecule has 6 heteroatoms.